The fourth-order valence-corrected chi connectivity index (χ4v) is 4.98. The maximum Gasteiger partial charge on any atom is 0.227 e. The number of allylic oxidation sites excluding steroid dienone is 2. The Morgan fingerprint density at radius 2 is 1.89 bits per heavy atom. The van der Waals surface area contributed by atoms with Crippen LogP contribution in [-0.4, -0.2) is 50.1 Å². The molecule has 1 aliphatic heterocycles. The number of hydrogen-bond donors (Lipinski definition) is 1. The van der Waals surface area contributed by atoms with Gasteiger partial charge in [-0.3, -0.25) is 4.79 Å². The summed E-state index contributed by atoms with van der Waals surface area (Å²) in [6, 6.07) is 8.08. The second-order valence-electron chi connectivity index (χ2n) is 7.92. The van der Waals surface area contributed by atoms with E-state index < -0.39 is 17.8 Å². The van der Waals surface area contributed by atoms with Crippen LogP contribution in [0.5, 0.6) is 5.75 Å². The number of hydrogen-bond acceptors (Lipinski definition) is 4. The molecule has 2 aliphatic carbocycles. The van der Waals surface area contributed by atoms with Crippen molar-refractivity contribution in [3.05, 3.63) is 42.0 Å². The van der Waals surface area contributed by atoms with E-state index in [1.807, 2.05) is 29.2 Å². The molecule has 0 unspecified atom stereocenters. The van der Waals surface area contributed by atoms with Crippen LogP contribution in [0.15, 0.2) is 36.4 Å². The summed E-state index contributed by atoms with van der Waals surface area (Å²) < 4.78 is 5.28. The minimum absolute atomic E-state index is 0.00137. The van der Waals surface area contributed by atoms with Crippen LogP contribution in [0.4, 0.5) is 0 Å². The summed E-state index contributed by atoms with van der Waals surface area (Å²) in [6.07, 6.45) is 4.75. The van der Waals surface area contributed by atoms with Crippen molar-refractivity contribution in [2.24, 2.45) is 23.7 Å². The van der Waals surface area contributed by atoms with E-state index in [4.69, 9.17) is 4.74 Å². The van der Waals surface area contributed by atoms with Crippen molar-refractivity contribution in [2.45, 2.75) is 13.0 Å². The second kappa shape index (κ2) is 7.35. The summed E-state index contributed by atoms with van der Waals surface area (Å²) in [4.78, 5) is 27.9. The average Bonchev–Trinajstić information content (AvgIpc) is 3.29. The van der Waals surface area contributed by atoms with Crippen molar-refractivity contribution in [3.8, 4) is 5.75 Å². The number of carboxylic acid groups (broad SMARTS) is 1. The molecule has 4 atom stereocenters. The fourth-order valence-electron chi connectivity index (χ4n) is 4.98. The van der Waals surface area contributed by atoms with E-state index in [1.54, 1.807) is 7.11 Å². The van der Waals surface area contributed by atoms with Gasteiger partial charge in [-0.15, -0.1) is 0 Å². The largest absolute Gasteiger partial charge is 0.550 e. The Hall–Kier alpha value is -2.34. The molecule has 6 nitrogen and oxygen atoms in total. The van der Waals surface area contributed by atoms with Gasteiger partial charge >= 0.3 is 0 Å². The number of fused-ring (bicyclic) bond motifs is 2. The van der Waals surface area contributed by atoms with Gasteiger partial charge in [-0.05, 0) is 30.4 Å². The average molecular weight is 370 g/mol. The second-order valence-corrected chi connectivity index (χ2v) is 7.92. The normalized spacial score (nSPS) is 29.9. The number of piperazine rings is 1. The van der Waals surface area contributed by atoms with Crippen LogP contribution in [-0.2, 0) is 16.1 Å². The first kappa shape index (κ1) is 18.0. The van der Waals surface area contributed by atoms with Gasteiger partial charge in [-0.1, -0.05) is 24.3 Å². The molecule has 1 saturated carbocycles. The van der Waals surface area contributed by atoms with Crippen LogP contribution in [0.1, 0.15) is 12.0 Å². The lowest BCUT2D eigenvalue weighted by molar-refractivity contribution is -0.917. The smallest absolute Gasteiger partial charge is 0.227 e. The number of ether oxygens (including phenoxy) is 1. The van der Waals surface area contributed by atoms with Crippen molar-refractivity contribution in [3.63, 3.8) is 0 Å². The summed E-state index contributed by atoms with van der Waals surface area (Å²) in [6.45, 7) is 3.99. The van der Waals surface area contributed by atoms with Crippen molar-refractivity contribution in [1.82, 2.24) is 4.90 Å². The molecule has 0 radical (unpaired) electrons. The molecule has 0 aromatic heterocycles. The molecule has 1 N–H and O–H groups in total. The first-order chi connectivity index (χ1) is 13.1. The lowest BCUT2D eigenvalue weighted by Crippen LogP contribution is -3.13. The number of aliphatic carboxylic acids is 1. The summed E-state index contributed by atoms with van der Waals surface area (Å²) in [7, 11) is 1.67. The van der Waals surface area contributed by atoms with Gasteiger partial charge in [0, 0.05) is 17.5 Å². The molecule has 1 aromatic rings. The van der Waals surface area contributed by atoms with Crippen LogP contribution in [0.2, 0.25) is 0 Å². The zero-order valence-corrected chi connectivity index (χ0v) is 15.6. The monoisotopic (exact) mass is 370 g/mol. The molecule has 4 rings (SSSR count). The number of carbonyl (C=O) groups excluding carboxylic acids is 2. The van der Waals surface area contributed by atoms with Crippen molar-refractivity contribution < 1.29 is 24.3 Å². The van der Waals surface area contributed by atoms with E-state index in [9.17, 15) is 14.7 Å². The molecule has 144 valence electrons. The van der Waals surface area contributed by atoms with Crippen molar-refractivity contribution in [1.29, 1.82) is 0 Å². The van der Waals surface area contributed by atoms with Gasteiger partial charge in [0.2, 0.25) is 5.91 Å². The van der Waals surface area contributed by atoms with E-state index >= 15 is 0 Å². The zero-order valence-electron chi connectivity index (χ0n) is 15.6. The fraction of sp³-hybridized carbons (Fsp3) is 0.524. The Morgan fingerprint density at radius 3 is 2.56 bits per heavy atom. The maximum absolute atomic E-state index is 13.0. The predicted octanol–water partition coefficient (Wildman–Crippen LogP) is -0.889. The quantitative estimate of drug-likeness (QED) is 0.683. The standard InChI is InChI=1S/C21H26N2O4/c1-27-17-4-2-3-14(11-17)13-22-7-9-23(10-8-22)20(24)18-15-5-6-16(12-15)19(18)21(25)26/h2-6,11,15-16,18-19H,7-10,12-13H2,1H3,(H,25,26)/t15-,16+,18-,19+/m1/s1. The molecular weight excluding hydrogens is 344 g/mol. The highest BCUT2D eigenvalue weighted by atomic mass is 16.5. The van der Waals surface area contributed by atoms with Crippen LogP contribution in [0.3, 0.4) is 0 Å². The highest BCUT2D eigenvalue weighted by molar-refractivity contribution is 5.86. The SMILES string of the molecule is COc1cccc(C[NH+]2CCN(C(=O)[C@H]3[C@@H](C(=O)[O-])[C@H]4C=C[C@@H]3C4)CC2)c1. The van der Waals surface area contributed by atoms with Gasteiger partial charge < -0.3 is 24.4 Å². The molecule has 1 aromatic carbocycles. The number of nitrogens with one attached hydrogen (secondary N) is 1. The molecule has 6 heteroatoms. The van der Waals surface area contributed by atoms with Gasteiger partial charge in [-0.25, -0.2) is 0 Å². The van der Waals surface area contributed by atoms with Crippen LogP contribution >= 0.6 is 0 Å². The van der Waals surface area contributed by atoms with Gasteiger partial charge in [0.1, 0.15) is 12.3 Å². The Kier molecular flexibility index (Phi) is 4.91. The van der Waals surface area contributed by atoms with E-state index in [1.165, 1.54) is 10.5 Å². The number of quaternary nitrogens is 1. The Morgan fingerprint density at radius 1 is 1.19 bits per heavy atom. The molecule has 1 amide bonds. The van der Waals surface area contributed by atoms with Crippen LogP contribution in [0.25, 0.3) is 0 Å². The summed E-state index contributed by atoms with van der Waals surface area (Å²) >= 11 is 0. The maximum atomic E-state index is 13.0. The molecule has 1 saturated heterocycles. The minimum Gasteiger partial charge on any atom is -0.550 e. The summed E-state index contributed by atoms with van der Waals surface area (Å²) in [5.41, 5.74) is 1.22. The van der Waals surface area contributed by atoms with Gasteiger partial charge in [-0.2, -0.15) is 0 Å². The summed E-state index contributed by atoms with van der Waals surface area (Å²) in [5, 5.41) is 11.6. The Bertz CT molecular complexity index is 754. The molecule has 2 bridgehead atoms. The lowest BCUT2D eigenvalue weighted by atomic mass is 9.82. The zero-order chi connectivity index (χ0) is 19.0. The molecule has 0 spiro atoms. The van der Waals surface area contributed by atoms with Crippen molar-refractivity contribution in [2.75, 3.05) is 33.3 Å². The van der Waals surface area contributed by atoms with Crippen molar-refractivity contribution >= 4 is 11.9 Å². The number of amides is 1. The number of nitrogens with zero attached hydrogens (tertiary/aromatic N) is 1. The van der Waals surface area contributed by atoms with Gasteiger partial charge in [0.15, 0.2) is 0 Å². The van der Waals surface area contributed by atoms with Crippen LogP contribution in [0, 0.1) is 23.7 Å². The Labute approximate surface area is 159 Å². The lowest BCUT2D eigenvalue weighted by Gasteiger charge is -2.37. The van der Waals surface area contributed by atoms with Gasteiger partial charge in [0.05, 0.1) is 39.2 Å². The van der Waals surface area contributed by atoms with E-state index in [-0.39, 0.29) is 17.7 Å². The molecule has 3 aliphatic rings. The number of rotatable bonds is 5. The minimum atomic E-state index is -1.08. The number of methoxy groups -OCH3 is 1. The number of carboxylic acids is 1. The third kappa shape index (κ3) is 3.46. The molecular formula is C21H26N2O4. The number of benzene rings is 1. The van der Waals surface area contributed by atoms with Gasteiger partial charge in [0.25, 0.3) is 0 Å². The highest BCUT2D eigenvalue weighted by Crippen LogP contribution is 2.48. The Balaban J connectivity index is 1.35. The third-order valence-corrected chi connectivity index (χ3v) is 6.39. The first-order valence-corrected chi connectivity index (χ1v) is 9.71. The predicted molar refractivity (Wildman–Crippen MR) is 96.7 cm³/mol. The molecule has 1 heterocycles. The topological polar surface area (TPSA) is 74.1 Å². The van der Waals surface area contributed by atoms with E-state index in [2.05, 4.69) is 12.1 Å². The third-order valence-electron chi connectivity index (χ3n) is 6.39. The molecule has 2 fully saturated rings. The van der Waals surface area contributed by atoms with E-state index in [0.29, 0.717) is 13.1 Å². The van der Waals surface area contributed by atoms with Crippen LogP contribution < -0.4 is 14.7 Å². The first-order valence-electron chi connectivity index (χ1n) is 9.71. The summed E-state index contributed by atoms with van der Waals surface area (Å²) in [5.74, 6) is -1.28. The molecule has 27 heavy (non-hydrogen) atoms. The highest BCUT2D eigenvalue weighted by Gasteiger charge is 2.50. The van der Waals surface area contributed by atoms with E-state index in [0.717, 1.165) is 31.8 Å². The number of carbonyl (C=O) groups is 2.